The van der Waals surface area contributed by atoms with Crippen molar-refractivity contribution in [3.63, 3.8) is 0 Å². The Morgan fingerprint density at radius 2 is 1.70 bits per heavy atom. The number of hydrogen-bond acceptors (Lipinski definition) is 5. The number of aromatic nitrogens is 1. The number of carboxylic acids is 1. The normalized spacial score (nSPS) is 11.6. The summed E-state index contributed by atoms with van der Waals surface area (Å²) in [6.45, 7) is 6.93. The summed E-state index contributed by atoms with van der Waals surface area (Å²) in [7, 11) is 0. The van der Waals surface area contributed by atoms with E-state index in [1.807, 2.05) is 48.5 Å². The van der Waals surface area contributed by atoms with Crippen LogP contribution in [0.25, 0.3) is 11.1 Å². The van der Waals surface area contributed by atoms with Crippen molar-refractivity contribution < 1.29 is 19.1 Å². The van der Waals surface area contributed by atoms with Gasteiger partial charge in [-0.1, -0.05) is 69.4 Å². The van der Waals surface area contributed by atoms with Gasteiger partial charge in [0.05, 0.1) is 0 Å². The molecule has 0 saturated heterocycles. The van der Waals surface area contributed by atoms with Crippen LogP contribution in [-0.2, 0) is 11.2 Å². The minimum Gasteiger partial charge on any atom is -0.478 e. The van der Waals surface area contributed by atoms with E-state index < -0.39 is 11.6 Å². The quantitative estimate of drug-likeness (QED) is 0.282. The average Bonchev–Trinajstić information content (AvgIpc) is 3.23. The maximum Gasteiger partial charge on any atom is 0.347 e. The molecule has 0 atom stereocenters. The number of aliphatic carboxylic acids is 1. The Morgan fingerprint density at radius 1 is 1.00 bits per heavy atom. The van der Waals surface area contributed by atoms with Gasteiger partial charge in [-0.05, 0) is 50.5 Å². The van der Waals surface area contributed by atoms with Crippen LogP contribution in [0, 0.1) is 0 Å². The zero-order chi connectivity index (χ0) is 23.7. The number of fused-ring (bicyclic) bond motifs is 1. The van der Waals surface area contributed by atoms with Crippen LogP contribution in [0.2, 0.25) is 0 Å². The Bertz CT molecular complexity index is 995. The maximum absolute atomic E-state index is 11.5. The monoisotopic (exact) mass is 452 g/mol. The van der Waals surface area contributed by atoms with Gasteiger partial charge in [-0.15, -0.1) is 0 Å². The molecule has 0 fully saturated rings. The number of hydrogen-bond donors (Lipinski definition) is 1. The lowest BCUT2D eigenvalue weighted by Crippen LogP contribution is -2.38. The summed E-state index contributed by atoms with van der Waals surface area (Å²) in [6, 6.07) is 16.1. The molecule has 178 valence electrons. The maximum atomic E-state index is 11.5. The topological polar surface area (TPSA) is 75.8 Å². The molecule has 3 aromatic rings. The minimum absolute atomic E-state index is 0.599. The first-order chi connectivity index (χ1) is 15.9. The Balaban J connectivity index is 1.72. The largest absolute Gasteiger partial charge is 0.478 e. The van der Waals surface area contributed by atoms with Gasteiger partial charge in [0.2, 0.25) is 0 Å². The summed E-state index contributed by atoms with van der Waals surface area (Å²) in [5, 5.41) is 9.45. The van der Waals surface area contributed by atoms with Crippen molar-refractivity contribution in [3.8, 4) is 5.75 Å². The van der Waals surface area contributed by atoms with Gasteiger partial charge in [-0.3, -0.25) is 0 Å². The predicted molar refractivity (Wildman–Crippen MR) is 132 cm³/mol. The molecule has 0 unspecified atom stereocenters. The molecule has 6 nitrogen and oxygen atoms in total. The van der Waals surface area contributed by atoms with E-state index >= 15 is 0 Å². The van der Waals surface area contributed by atoms with Crippen LogP contribution < -0.4 is 9.64 Å². The van der Waals surface area contributed by atoms with Gasteiger partial charge < -0.3 is 19.2 Å². The van der Waals surface area contributed by atoms with Crippen molar-refractivity contribution in [3.05, 3.63) is 54.1 Å². The molecule has 1 heterocycles. The summed E-state index contributed by atoms with van der Waals surface area (Å²) in [5.74, 6) is -0.393. The fraction of sp³-hybridized carbons (Fsp3) is 0.481. The third-order valence-electron chi connectivity index (χ3n) is 5.84. The first kappa shape index (κ1) is 24.6. The second-order valence-corrected chi connectivity index (χ2v) is 8.99. The molecule has 6 heteroatoms. The molecular formula is C27H36N2O4. The van der Waals surface area contributed by atoms with Crippen molar-refractivity contribution in [2.45, 2.75) is 71.3 Å². The zero-order valence-electron chi connectivity index (χ0n) is 20.0. The van der Waals surface area contributed by atoms with Gasteiger partial charge in [0.25, 0.3) is 6.01 Å². The van der Waals surface area contributed by atoms with Crippen LogP contribution in [0.3, 0.4) is 0 Å². The van der Waals surface area contributed by atoms with E-state index in [0.717, 1.165) is 29.6 Å². The van der Waals surface area contributed by atoms with E-state index in [0.29, 0.717) is 24.7 Å². The second-order valence-electron chi connectivity index (χ2n) is 8.99. The third kappa shape index (κ3) is 6.98. The van der Waals surface area contributed by atoms with Crippen LogP contribution in [0.4, 0.5) is 6.01 Å². The molecule has 0 radical (unpaired) electrons. The third-order valence-corrected chi connectivity index (χ3v) is 5.84. The van der Waals surface area contributed by atoms with Crippen molar-refractivity contribution in [2.24, 2.45) is 0 Å². The smallest absolute Gasteiger partial charge is 0.347 e. The average molecular weight is 453 g/mol. The summed E-state index contributed by atoms with van der Waals surface area (Å²) >= 11 is 0. The number of unbranched alkanes of at least 4 members (excludes halogenated alkanes) is 5. The Labute approximate surface area is 196 Å². The van der Waals surface area contributed by atoms with E-state index in [1.54, 1.807) is 13.8 Å². The summed E-state index contributed by atoms with van der Waals surface area (Å²) < 4.78 is 11.9. The van der Waals surface area contributed by atoms with Gasteiger partial charge in [0.1, 0.15) is 11.3 Å². The SMILES string of the molecule is CCCCCCCCN(CCc1ccccc1OC(C)(C)C(=O)O)c1nc2ccccc2o1. The highest BCUT2D eigenvalue weighted by atomic mass is 16.5. The second kappa shape index (κ2) is 11.7. The number of nitrogens with zero attached hydrogens (tertiary/aromatic N) is 2. The van der Waals surface area contributed by atoms with Crippen molar-refractivity contribution >= 4 is 23.1 Å². The number of oxazole rings is 1. The standard InChI is InChI=1S/C27H36N2O4/c1-4-5-6-7-8-13-19-29(26-28-22-15-10-12-17-24(22)32-26)20-18-21-14-9-11-16-23(21)33-27(2,3)25(30)31/h9-12,14-17H,4-8,13,18-20H2,1-3H3,(H,30,31). The van der Waals surface area contributed by atoms with Crippen molar-refractivity contribution in [1.82, 2.24) is 4.98 Å². The molecule has 2 aromatic carbocycles. The molecule has 0 aliphatic rings. The fourth-order valence-corrected chi connectivity index (χ4v) is 3.77. The lowest BCUT2D eigenvalue weighted by molar-refractivity contribution is -0.152. The van der Waals surface area contributed by atoms with Crippen LogP contribution in [0.15, 0.2) is 52.9 Å². The number of carbonyl (C=O) groups is 1. The Morgan fingerprint density at radius 3 is 2.45 bits per heavy atom. The number of ether oxygens (including phenoxy) is 1. The summed E-state index contributed by atoms with van der Waals surface area (Å²) in [5.41, 5.74) is 1.31. The predicted octanol–water partition coefficient (Wildman–Crippen LogP) is 6.48. The van der Waals surface area contributed by atoms with E-state index in [-0.39, 0.29) is 0 Å². The summed E-state index contributed by atoms with van der Waals surface area (Å²) in [6.07, 6.45) is 8.02. The Kier molecular flexibility index (Phi) is 8.75. The molecule has 0 aliphatic carbocycles. The minimum atomic E-state index is -1.30. The summed E-state index contributed by atoms with van der Waals surface area (Å²) in [4.78, 5) is 18.4. The van der Waals surface area contributed by atoms with E-state index in [9.17, 15) is 9.90 Å². The number of benzene rings is 2. The molecule has 0 saturated carbocycles. The lowest BCUT2D eigenvalue weighted by Gasteiger charge is -2.25. The zero-order valence-corrected chi connectivity index (χ0v) is 20.0. The number of rotatable bonds is 14. The molecule has 0 spiro atoms. The van der Waals surface area contributed by atoms with Crippen LogP contribution in [-0.4, -0.2) is 34.8 Å². The van der Waals surface area contributed by atoms with Crippen molar-refractivity contribution in [1.29, 1.82) is 0 Å². The molecule has 0 amide bonds. The number of anilines is 1. The van der Waals surface area contributed by atoms with E-state index in [4.69, 9.17) is 14.1 Å². The highest BCUT2D eigenvalue weighted by molar-refractivity contribution is 5.77. The highest BCUT2D eigenvalue weighted by Crippen LogP contribution is 2.26. The number of carboxylic acid groups (broad SMARTS) is 1. The van der Waals surface area contributed by atoms with Gasteiger partial charge in [0.15, 0.2) is 11.2 Å². The molecule has 33 heavy (non-hydrogen) atoms. The van der Waals surface area contributed by atoms with Crippen LogP contribution in [0.1, 0.15) is 64.9 Å². The highest BCUT2D eigenvalue weighted by Gasteiger charge is 2.30. The van der Waals surface area contributed by atoms with Gasteiger partial charge in [-0.25, -0.2) is 4.79 Å². The first-order valence-electron chi connectivity index (χ1n) is 12.0. The molecule has 0 aliphatic heterocycles. The molecule has 0 bridgehead atoms. The van der Waals surface area contributed by atoms with Gasteiger partial charge in [-0.2, -0.15) is 4.98 Å². The fourth-order valence-electron chi connectivity index (χ4n) is 3.77. The van der Waals surface area contributed by atoms with Crippen LogP contribution >= 0.6 is 0 Å². The number of para-hydroxylation sites is 3. The Hall–Kier alpha value is -3.02. The molecule has 1 N–H and O–H groups in total. The van der Waals surface area contributed by atoms with Gasteiger partial charge in [0, 0.05) is 13.1 Å². The first-order valence-corrected chi connectivity index (χ1v) is 12.0. The van der Waals surface area contributed by atoms with Gasteiger partial charge >= 0.3 is 5.97 Å². The van der Waals surface area contributed by atoms with E-state index in [2.05, 4.69) is 11.8 Å². The molecular weight excluding hydrogens is 416 g/mol. The molecule has 1 aromatic heterocycles. The molecule has 3 rings (SSSR count). The lowest BCUT2D eigenvalue weighted by atomic mass is 10.1. The van der Waals surface area contributed by atoms with E-state index in [1.165, 1.54) is 32.1 Å². The van der Waals surface area contributed by atoms with Crippen LogP contribution in [0.5, 0.6) is 5.75 Å². The van der Waals surface area contributed by atoms with Crippen molar-refractivity contribution in [2.75, 3.05) is 18.0 Å².